The summed E-state index contributed by atoms with van der Waals surface area (Å²) in [4.78, 5) is 23.2. The van der Waals surface area contributed by atoms with Crippen LogP contribution in [-0.4, -0.2) is 30.2 Å². The van der Waals surface area contributed by atoms with E-state index in [1.807, 2.05) is 0 Å². The molecule has 0 aliphatic carbocycles. The van der Waals surface area contributed by atoms with Crippen LogP contribution < -0.4 is 0 Å². The normalized spacial score (nSPS) is 25.6. The highest BCUT2D eigenvalue weighted by Gasteiger charge is 2.29. The molecule has 1 aliphatic heterocycles. The number of likely N-dealkylation sites (tertiary alicyclic amines) is 1. The summed E-state index contributed by atoms with van der Waals surface area (Å²) >= 11 is 0. The second kappa shape index (κ2) is 2.40. The van der Waals surface area contributed by atoms with Gasteiger partial charge in [0.2, 0.25) is 5.91 Å². The Morgan fingerprint density at radius 2 is 2.30 bits per heavy atom. The van der Waals surface area contributed by atoms with Crippen LogP contribution in [0.1, 0.15) is 13.3 Å². The van der Waals surface area contributed by atoms with Gasteiger partial charge in [-0.25, -0.2) is 0 Å². The second-order valence-electron chi connectivity index (χ2n) is 2.79. The molecule has 10 heavy (non-hydrogen) atoms. The molecular formula is C7H11NO2. The van der Waals surface area contributed by atoms with Crippen molar-refractivity contribution < 1.29 is 9.59 Å². The monoisotopic (exact) mass is 141 g/mol. The van der Waals surface area contributed by atoms with Crippen molar-refractivity contribution in [3.05, 3.63) is 0 Å². The molecule has 0 bridgehead atoms. The van der Waals surface area contributed by atoms with E-state index in [1.165, 1.54) is 6.92 Å². The first-order valence-electron chi connectivity index (χ1n) is 3.35. The number of hydrogen-bond acceptors (Lipinski definition) is 2. The Balaban J connectivity index is 2.57. The fourth-order valence-electron chi connectivity index (χ4n) is 1.14. The third-order valence-electron chi connectivity index (χ3n) is 1.92. The van der Waals surface area contributed by atoms with E-state index in [9.17, 15) is 9.59 Å². The van der Waals surface area contributed by atoms with E-state index in [0.717, 1.165) is 0 Å². The summed E-state index contributed by atoms with van der Waals surface area (Å²) in [5.74, 6) is 0.162. The average molecular weight is 141 g/mol. The van der Waals surface area contributed by atoms with E-state index in [0.29, 0.717) is 13.0 Å². The minimum absolute atomic E-state index is 0.0440. The van der Waals surface area contributed by atoms with Crippen molar-refractivity contribution in [2.75, 3.05) is 13.6 Å². The first kappa shape index (κ1) is 7.25. The molecule has 0 radical (unpaired) electrons. The summed E-state index contributed by atoms with van der Waals surface area (Å²) in [6.07, 6.45) is 0.409. The van der Waals surface area contributed by atoms with Crippen LogP contribution in [0.5, 0.6) is 0 Å². The van der Waals surface area contributed by atoms with Gasteiger partial charge in [0.05, 0.1) is 0 Å². The molecule has 3 nitrogen and oxygen atoms in total. The molecule has 1 amide bonds. The molecule has 1 unspecified atom stereocenters. The van der Waals surface area contributed by atoms with Gasteiger partial charge in [-0.05, 0) is 6.92 Å². The summed E-state index contributed by atoms with van der Waals surface area (Å²) in [7, 11) is 1.73. The fourth-order valence-corrected chi connectivity index (χ4v) is 1.14. The molecule has 1 saturated heterocycles. The van der Waals surface area contributed by atoms with Crippen LogP contribution in [0.25, 0.3) is 0 Å². The molecule has 0 spiro atoms. The van der Waals surface area contributed by atoms with Gasteiger partial charge in [0, 0.05) is 25.9 Å². The number of ketones is 1. The Labute approximate surface area is 60.0 Å². The Morgan fingerprint density at radius 1 is 1.70 bits per heavy atom. The quantitative estimate of drug-likeness (QED) is 0.517. The topological polar surface area (TPSA) is 37.4 Å². The Hall–Kier alpha value is -0.860. The number of Topliss-reactive ketones (excluding diaryl/α,β-unsaturated/α-hetero) is 1. The number of amides is 1. The van der Waals surface area contributed by atoms with Crippen molar-refractivity contribution in [1.82, 2.24) is 4.90 Å². The van der Waals surface area contributed by atoms with Gasteiger partial charge >= 0.3 is 0 Å². The molecule has 1 fully saturated rings. The van der Waals surface area contributed by atoms with Crippen LogP contribution in [-0.2, 0) is 9.59 Å². The van der Waals surface area contributed by atoms with Crippen molar-refractivity contribution in [3.63, 3.8) is 0 Å². The van der Waals surface area contributed by atoms with E-state index in [-0.39, 0.29) is 17.6 Å². The molecule has 1 aliphatic rings. The van der Waals surface area contributed by atoms with Gasteiger partial charge in [-0.3, -0.25) is 9.59 Å². The van der Waals surface area contributed by atoms with Crippen molar-refractivity contribution in [1.29, 1.82) is 0 Å². The van der Waals surface area contributed by atoms with E-state index in [2.05, 4.69) is 0 Å². The average Bonchev–Trinajstić information content (AvgIpc) is 2.13. The highest BCUT2D eigenvalue weighted by Crippen LogP contribution is 2.15. The van der Waals surface area contributed by atoms with E-state index < -0.39 is 0 Å². The lowest BCUT2D eigenvalue weighted by Crippen LogP contribution is -2.20. The van der Waals surface area contributed by atoms with E-state index in [4.69, 9.17) is 0 Å². The minimum atomic E-state index is -0.0440. The molecule has 1 rings (SSSR count). The summed E-state index contributed by atoms with van der Waals surface area (Å²) < 4.78 is 0. The molecule has 0 N–H and O–H groups in total. The first-order valence-corrected chi connectivity index (χ1v) is 3.35. The van der Waals surface area contributed by atoms with E-state index >= 15 is 0 Å². The number of carbonyl (C=O) groups excluding carboxylic acids is 2. The third kappa shape index (κ3) is 1.17. The highest BCUT2D eigenvalue weighted by molar-refractivity contribution is 5.88. The van der Waals surface area contributed by atoms with E-state index in [1.54, 1.807) is 11.9 Å². The smallest absolute Gasteiger partial charge is 0.223 e. The summed E-state index contributed by atoms with van der Waals surface area (Å²) in [6.45, 7) is 2.14. The number of carbonyl (C=O) groups is 2. The predicted octanol–water partition coefficient (Wildman–Crippen LogP) is 0.0537. The van der Waals surface area contributed by atoms with Gasteiger partial charge in [-0.15, -0.1) is 0 Å². The molecule has 3 heteroatoms. The lowest BCUT2D eigenvalue weighted by atomic mass is 10.1. The van der Waals surface area contributed by atoms with Crippen LogP contribution in [0.3, 0.4) is 0 Å². The zero-order valence-electron chi connectivity index (χ0n) is 6.26. The standard InChI is InChI=1S/C7H11NO2/c1-5(9)6-3-7(10)8(2)4-6/h6H,3-4H2,1-2H3. The van der Waals surface area contributed by atoms with Gasteiger partial charge in [0.25, 0.3) is 0 Å². The molecule has 1 heterocycles. The zero-order valence-corrected chi connectivity index (χ0v) is 6.26. The SMILES string of the molecule is CC(=O)C1CC(=O)N(C)C1. The van der Waals surface area contributed by atoms with Crippen molar-refractivity contribution in [2.45, 2.75) is 13.3 Å². The van der Waals surface area contributed by atoms with Gasteiger partial charge in [-0.2, -0.15) is 0 Å². The van der Waals surface area contributed by atoms with Crippen LogP contribution in [0, 0.1) is 5.92 Å². The Morgan fingerprint density at radius 3 is 2.50 bits per heavy atom. The Kier molecular flexibility index (Phi) is 1.74. The van der Waals surface area contributed by atoms with Gasteiger partial charge in [-0.1, -0.05) is 0 Å². The first-order chi connectivity index (χ1) is 4.61. The van der Waals surface area contributed by atoms with Crippen LogP contribution in [0.4, 0.5) is 0 Å². The van der Waals surface area contributed by atoms with Crippen LogP contribution >= 0.6 is 0 Å². The lowest BCUT2D eigenvalue weighted by molar-refractivity contribution is -0.127. The molecule has 0 aromatic carbocycles. The van der Waals surface area contributed by atoms with Gasteiger partial charge < -0.3 is 4.90 Å². The number of hydrogen-bond donors (Lipinski definition) is 0. The van der Waals surface area contributed by atoms with Crippen LogP contribution in [0.2, 0.25) is 0 Å². The highest BCUT2D eigenvalue weighted by atomic mass is 16.2. The van der Waals surface area contributed by atoms with Crippen LogP contribution in [0.15, 0.2) is 0 Å². The summed E-state index contributed by atoms with van der Waals surface area (Å²) in [6, 6.07) is 0. The summed E-state index contributed by atoms with van der Waals surface area (Å²) in [5.41, 5.74) is 0. The largest absolute Gasteiger partial charge is 0.345 e. The molecule has 1 atom stereocenters. The molecule has 0 aromatic rings. The minimum Gasteiger partial charge on any atom is -0.345 e. The molecular weight excluding hydrogens is 130 g/mol. The fraction of sp³-hybridized carbons (Fsp3) is 0.714. The van der Waals surface area contributed by atoms with Crippen molar-refractivity contribution >= 4 is 11.7 Å². The maximum atomic E-state index is 10.9. The maximum absolute atomic E-state index is 10.9. The van der Waals surface area contributed by atoms with Gasteiger partial charge in [0.15, 0.2) is 0 Å². The van der Waals surface area contributed by atoms with Crippen molar-refractivity contribution in [2.24, 2.45) is 5.92 Å². The third-order valence-corrected chi connectivity index (χ3v) is 1.92. The molecule has 56 valence electrons. The predicted molar refractivity (Wildman–Crippen MR) is 36.4 cm³/mol. The second-order valence-corrected chi connectivity index (χ2v) is 2.79. The lowest BCUT2D eigenvalue weighted by Gasteiger charge is -2.06. The molecule has 0 aromatic heterocycles. The molecule has 0 saturated carbocycles. The summed E-state index contributed by atoms with van der Waals surface area (Å²) in [5, 5.41) is 0. The zero-order chi connectivity index (χ0) is 7.72. The number of nitrogens with zero attached hydrogens (tertiary/aromatic N) is 1. The van der Waals surface area contributed by atoms with Crippen molar-refractivity contribution in [3.8, 4) is 0 Å². The number of rotatable bonds is 1. The maximum Gasteiger partial charge on any atom is 0.223 e. The Bertz CT molecular complexity index is 176. The van der Waals surface area contributed by atoms with Gasteiger partial charge in [0.1, 0.15) is 5.78 Å².